The van der Waals surface area contributed by atoms with Crippen molar-refractivity contribution in [3.05, 3.63) is 94.2 Å². The number of halogens is 2. The van der Waals surface area contributed by atoms with Crippen molar-refractivity contribution in [1.29, 1.82) is 0 Å². The Morgan fingerprint density at radius 2 is 1.91 bits per heavy atom. The summed E-state index contributed by atoms with van der Waals surface area (Å²) < 4.78 is 29.9. The molecule has 1 amide bonds. The van der Waals surface area contributed by atoms with E-state index in [1.807, 2.05) is 17.0 Å². The summed E-state index contributed by atoms with van der Waals surface area (Å²) in [5.74, 6) is -1.27. The number of carbonyl (C=O) groups excluding carboxylic acids is 1. The average molecular weight is 474 g/mol. The van der Waals surface area contributed by atoms with E-state index in [9.17, 15) is 18.4 Å². The molecule has 6 rings (SSSR count). The van der Waals surface area contributed by atoms with Gasteiger partial charge in [0.15, 0.2) is 0 Å². The Hall–Kier alpha value is -4.47. The van der Waals surface area contributed by atoms with Crippen molar-refractivity contribution in [3.63, 3.8) is 0 Å². The van der Waals surface area contributed by atoms with Crippen molar-refractivity contribution in [2.75, 3.05) is 16.8 Å². The zero-order valence-electron chi connectivity index (χ0n) is 18.4. The topological polar surface area (TPSA) is 98.3 Å². The van der Waals surface area contributed by atoms with Gasteiger partial charge in [0.2, 0.25) is 0 Å². The highest BCUT2D eigenvalue weighted by molar-refractivity contribution is 6.09. The average Bonchev–Trinajstić information content (AvgIpc) is 3.57. The molecule has 4 heterocycles. The van der Waals surface area contributed by atoms with Crippen LogP contribution in [0.3, 0.4) is 0 Å². The van der Waals surface area contributed by atoms with E-state index in [1.54, 1.807) is 28.9 Å². The van der Waals surface area contributed by atoms with Gasteiger partial charge in [0, 0.05) is 29.7 Å². The van der Waals surface area contributed by atoms with Crippen molar-refractivity contribution < 1.29 is 13.6 Å². The smallest absolute Gasteiger partial charge is 0.323 e. The number of hydrogen-bond donors (Lipinski definition) is 3. The first-order valence-corrected chi connectivity index (χ1v) is 11.2. The van der Waals surface area contributed by atoms with Crippen molar-refractivity contribution >= 4 is 33.8 Å². The lowest BCUT2D eigenvalue weighted by Crippen LogP contribution is -2.23. The van der Waals surface area contributed by atoms with Gasteiger partial charge in [0.25, 0.3) is 5.91 Å². The summed E-state index contributed by atoms with van der Waals surface area (Å²) in [7, 11) is 0. The largest absolute Gasteiger partial charge is 0.364 e. The van der Waals surface area contributed by atoms with E-state index in [2.05, 4.69) is 20.4 Å². The number of carbonyl (C=O) groups is 1. The van der Waals surface area contributed by atoms with Gasteiger partial charge in [-0.15, -0.1) is 0 Å². The van der Waals surface area contributed by atoms with Gasteiger partial charge >= 0.3 is 5.69 Å². The van der Waals surface area contributed by atoms with Crippen LogP contribution in [-0.4, -0.2) is 32.0 Å². The molecular weight excluding hydrogens is 454 g/mol. The summed E-state index contributed by atoms with van der Waals surface area (Å²) in [6, 6.07) is 12.0. The molecule has 0 bridgehead atoms. The van der Waals surface area contributed by atoms with Crippen LogP contribution in [0.1, 0.15) is 34.8 Å². The molecule has 10 heteroatoms. The van der Waals surface area contributed by atoms with Crippen molar-refractivity contribution in [2.24, 2.45) is 0 Å². The van der Waals surface area contributed by atoms with Gasteiger partial charge in [0.1, 0.15) is 11.6 Å². The summed E-state index contributed by atoms with van der Waals surface area (Å²) >= 11 is 0. The van der Waals surface area contributed by atoms with E-state index < -0.39 is 11.6 Å². The van der Waals surface area contributed by atoms with Crippen molar-refractivity contribution in [1.82, 2.24) is 19.6 Å². The van der Waals surface area contributed by atoms with Gasteiger partial charge in [-0.2, -0.15) is 5.10 Å². The fourth-order valence-corrected chi connectivity index (χ4v) is 4.80. The number of hydrogen-bond acceptors (Lipinski definition) is 4. The molecule has 3 aromatic heterocycles. The number of anilines is 2. The minimum atomic E-state index is -0.472. The molecular formula is C25H20F2N6O2. The maximum Gasteiger partial charge on any atom is 0.323 e. The summed E-state index contributed by atoms with van der Waals surface area (Å²) in [5.41, 5.74) is 3.50. The summed E-state index contributed by atoms with van der Waals surface area (Å²) in [6.07, 6.45) is 4.76. The van der Waals surface area contributed by atoms with Gasteiger partial charge in [-0.05, 0) is 61.4 Å². The first kappa shape index (κ1) is 21.1. The number of fused-ring (bicyclic) bond motifs is 2. The number of nitrogens with zero attached hydrogens (tertiary/aromatic N) is 3. The van der Waals surface area contributed by atoms with E-state index in [0.717, 1.165) is 24.2 Å². The third-order valence-electron chi connectivity index (χ3n) is 6.43. The summed E-state index contributed by atoms with van der Waals surface area (Å²) in [5, 5.41) is 7.12. The predicted octanol–water partition coefficient (Wildman–Crippen LogP) is 4.38. The Morgan fingerprint density at radius 1 is 1.06 bits per heavy atom. The second-order valence-corrected chi connectivity index (χ2v) is 8.58. The first-order chi connectivity index (χ1) is 17.0. The fourth-order valence-electron chi connectivity index (χ4n) is 4.80. The Balaban J connectivity index is 1.32. The molecule has 0 spiro atoms. The molecule has 0 saturated carbocycles. The molecule has 3 N–H and O–H groups in total. The van der Waals surface area contributed by atoms with Gasteiger partial charge in [-0.25, -0.2) is 18.1 Å². The van der Waals surface area contributed by atoms with Gasteiger partial charge < -0.3 is 20.2 Å². The highest BCUT2D eigenvalue weighted by Gasteiger charge is 2.29. The third kappa shape index (κ3) is 3.72. The normalized spacial score (nSPS) is 15.8. The molecule has 1 aliphatic heterocycles. The molecule has 1 saturated heterocycles. The highest BCUT2D eigenvalue weighted by Crippen LogP contribution is 2.38. The Morgan fingerprint density at radius 3 is 2.80 bits per heavy atom. The number of nitrogens with one attached hydrogen (secondary N) is 3. The Kier molecular flexibility index (Phi) is 4.87. The number of pyridine rings is 1. The Bertz CT molecular complexity index is 1650. The van der Waals surface area contributed by atoms with Crippen molar-refractivity contribution in [2.45, 2.75) is 18.9 Å². The van der Waals surface area contributed by atoms with Gasteiger partial charge in [-0.1, -0.05) is 0 Å². The maximum atomic E-state index is 14.5. The maximum absolute atomic E-state index is 14.5. The van der Waals surface area contributed by atoms with Crippen LogP contribution in [0.25, 0.3) is 16.6 Å². The zero-order chi connectivity index (χ0) is 24.1. The number of amides is 1. The SMILES string of the molecule is O=C(Nc1ccc2[nH]c(=O)[nH]c2c1)c1cnn2ccc(N3CCC[C@@H]3c3cc(F)ccc3F)cc12. The second kappa shape index (κ2) is 8.08. The molecule has 35 heavy (non-hydrogen) atoms. The van der Waals surface area contributed by atoms with Crippen LogP contribution < -0.4 is 15.9 Å². The molecule has 8 nitrogen and oxygen atoms in total. The highest BCUT2D eigenvalue weighted by atomic mass is 19.1. The number of H-pyrrole nitrogens is 2. The number of aromatic amines is 2. The summed E-state index contributed by atoms with van der Waals surface area (Å²) in [4.78, 5) is 31.9. The van der Waals surface area contributed by atoms with Gasteiger partial charge in [-0.3, -0.25) is 4.79 Å². The van der Waals surface area contributed by atoms with Crippen molar-refractivity contribution in [3.8, 4) is 0 Å². The number of aromatic nitrogens is 4. The molecule has 1 atom stereocenters. The van der Waals surface area contributed by atoms with Crippen LogP contribution in [0.15, 0.2) is 65.7 Å². The Labute approximate surface area is 197 Å². The van der Waals surface area contributed by atoms with Crippen LogP contribution in [0.5, 0.6) is 0 Å². The molecule has 5 aromatic rings. The van der Waals surface area contributed by atoms with Crippen LogP contribution >= 0.6 is 0 Å². The summed E-state index contributed by atoms with van der Waals surface area (Å²) in [6.45, 7) is 0.682. The van der Waals surface area contributed by atoms with Crippen LogP contribution in [0.4, 0.5) is 20.2 Å². The second-order valence-electron chi connectivity index (χ2n) is 8.58. The van der Waals surface area contributed by atoms with E-state index >= 15 is 0 Å². The van der Waals surface area contributed by atoms with E-state index in [0.29, 0.717) is 46.3 Å². The molecule has 1 aliphatic rings. The minimum Gasteiger partial charge on any atom is -0.364 e. The number of benzene rings is 2. The predicted molar refractivity (Wildman–Crippen MR) is 128 cm³/mol. The lowest BCUT2D eigenvalue weighted by Gasteiger charge is -2.27. The van der Waals surface area contributed by atoms with Crippen LogP contribution in [0, 0.1) is 11.6 Å². The fraction of sp³-hybridized carbons (Fsp3) is 0.160. The van der Waals surface area contributed by atoms with E-state index in [4.69, 9.17) is 0 Å². The third-order valence-corrected chi connectivity index (χ3v) is 6.43. The van der Waals surface area contributed by atoms with E-state index in [1.165, 1.54) is 12.3 Å². The minimum absolute atomic E-state index is 0.302. The molecule has 2 aromatic carbocycles. The molecule has 1 fully saturated rings. The monoisotopic (exact) mass is 474 g/mol. The molecule has 0 radical (unpaired) electrons. The van der Waals surface area contributed by atoms with Gasteiger partial charge in [0.05, 0.1) is 34.4 Å². The number of rotatable bonds is 4. The lowest BCUT2D eigenvalue weighted by molar-refractivity contribution is 0.102. The molecule has 0 unspecified atom stereocenters. The van der Waals surface area contributed by atoms with Crippen LogP contribution in [0.2, 0.25) is 0 Å². The molecule has 176 valence electrons. The van der Waals surface area contributed by atoms with E-state index in [-0.39, 0.29) is 17.6 Å². The van der Waals surface area contributed by atoms with Crippen LogP contribution in [-0.2, 0) is 0 Å². The first-order valence-electron chi connectivity index (χ1n) is 11.2. The standard InChI is InChI=1S/C25H20F2N6O2/c26-14-3-5-19(27)17(10-14)22-2-1-8-32(22)16-7-9-33-23(12-16)18(13-28-33)24(34)29-15-4-6-20-21(11-15)31-25(35)30-20/h3-7,9-13,22H,1-2,8H2,(H,29,34)(H2,30,31,35)/t22-/m1/s1. The molecule has 0 aliphatic carbocycles. The zero-order valence-corrected chi connectivity index (χ0v) is 18.4. The lowest BCUT2D eigenvalue weighted by atomic mass is 10.0. The number of imidazole rings is 1. The quantitative estimate of drug-likeness (QED) is 0.360.